The van der Waals surface area contributed by atoms with Gasteiger partial charge in [0.05, 0.1) is 11.5 Å². The van der Waals surface area contributed by atoms with Gasteiger partial charge >= 0.3 is 0 Å². The lowest BCUT2D eigenvalue weighted by molar-refractivity contribution is -0.130. The van der Waals surface area contributed by atoms with Gasteiger partial charge in [-0.25, -0.2) is 0 Å². The molecule has 4 heterocycles. The third kappa shape index (κ3) is 4.11. The number of piperazine rings is 1. The highest BCUT2D eigenvalue weighted by atomic mass is 32.1. The number of aliphatic imine (C=N–C) groups is 1. The van der Waals surface area contributed by atoms with Gasteiger partial charge in [0.1, 0.15) is 0 Å². The van der Waals surface area contributed by atoms with Gasteiger partial charge in [0.25, 0.3) is 0 Å². The minimum Gasteiger partial charge on any atom is -0.360 e. The smallest absolute Gasteiger partial charge is 0.242 e. The molecule has 0 saturated carbocycles. The molecule has 0 unspecified atom stereocenters. The second-order valence-corrected chi connectivity index (χ2v) is 8.69. The molecule has 0 atom stereocenters. The zero-order chi connectivity index (χ0) is 18.6. The van der Waals surface area contributed by atoms with E-state index in [4.69, 9.17) is 0 Å². The van der Waals surface area contributed by atoms with Crippen LogP contribution in [0.5, 0.6) is 0 Å². The monoisotopic (exact) mass is 403 g/mol. The Morgan fingerprint density at radius 2 is 1.96 bits per heavy atom. The Morgan fingerprint density at radius 3 is 2.70 bits per heavy atom. The standard InChI is InChI=1S/C19H25N5OS2/c1-20-19(23-9-7-22(8-10-23)18-3-2-11-27-18)21-13-17(25)24-6-4-16-15(14-24)5-12-26-16/h2-3,5,11-12H,4,6-10,13-14H2,1H3,(H,20,21). The first-order valence-electron chi connectivity index (χ1n) is 9.31. The van der Waals surface area contributed by atoms with E-state index in [2.05, 4.69) is 49.1 Å². The Hall–Kier alpha value is -2.06. The minimum absolute atomic E-state index is 0.144. The van der Waals surface area contributed by atoms with Gasteiger partial charge < -0.3 is 20.0 Å². The summed E-state index contributed by atoms with van der Waals surface area (Å²) in [4.78, 5) is 25.0. The van der Waals surface area contributed by atoms with Crippen molar-refractivity contribution in [2.45, 2.75) is 13.0 Å². The van der Waals surface area contributed by atoms with Crippen LogP contribution in [0, 0.1) is 0 Å². The summed E-state index contributed by atoms with van der Waals surface area (Å²) in [5, 5.41) is 8.84. The Morgan fingerprint density at radius 1 is 1.11 bits per heavy atom. The van der Waals surface area contributed by atoms with Crippen molar-refractivity contribution in [1.29, 1.82) is 0 Å². The number of hydrogen-bond acceptors (Lipinski definition) is 5. The first-order chi connectivity index (χ1) is 13.2. The lowest BCUT2D eigenvalue weighted by Gasteiger charge is -2.37. The van der Waals surface area contributed by atoms with E-state index in [0.717, 1.165) is 51.6 Å². The number of nitrogens with zero attached hydrogens (tertiary/aromatic N) is 4. The van der Waals surface area contributed by atoms with E-state index in [1.807, 2.05) is 4.90 Å². The maximum Gasteiger partial charge on any atom is 0.242 e. The van der Waals surface area contributed by atoms with Gasteiger partial charge in [0, 0.05) is 51.2 Å². The Kier molecular flexibility index (Phi) is 5.63. The van der Waals surface area contributed by atoms with Gasteiger partial charge in [-0.1, -0.05) is 0 Å². The SMILES string of the molecule is CN=C(NCC(=O)N1CCc2sccc2C1)N1CCN(c2cccs2)CC1. The molecule has 0 aliphatic carbocycles. The number of fused-ring (bicyclic) bond motifs is 1. The molecular formula is C19H25N5OS2. The molecule has 1 fully saturated rings. The number of anilines is 1. The zero-order valence-corrected chi connectivity index (χ0v) is 17.2. The number of guanidine groups is 1. The summed E-state index contributed by atoms with van der Waals surface area (Å²) in [5.41, 5.74) is 1.30. The largest absolute Gasteiger partial charge is 0.360 e. The van der Waals surface area contributed by atoms with E-state index in [0.29, 0.717) is 6.54 Å². The summed E-state index contributed by atoms with van der Waals surface area (Å²) < 4.78 is 0. The first kappa shape index (κ1) is 18.3. The first-order valence-corrected chi connectivity index (χ1v) is 11.1. The van der Waals surface area contributed by atoms with Crippen molar-refractivity contribution in [3.63, 3.8) is 0 Å². The predicted octanol–water partition coefficient (Wildman–Crippen LogP) is 2.09. The van der Waals surface area contributed by atoms with E-state index in [1.165, 1.54) is 15.4 Å². The van der Waals surface area contributed by atoms with Gasteiger partial charge in [0.15, 0.2) is 5.96 Å². The summed E-state index contributed by atoms with van der Waals surface area (Å²) in [5.74, 6) is 0.965. The highest BCUT2D eigenvalue weighted by molar-refractivity contribution is 7.14. The average molecular weight is 404 g/mol. The molecule has 27 heavy (non-hydrogen) atoms. The molecule has 0 radical (unpaired) electrons. The van der Waals surface area contributed by atoms with Gasteiger partial charge in [-0.2, -0.15) is 0 Å². The fourth-order valence-electron chi connectivity index (χ4n) is 3.65. The summed E-state index contributed by atoms with van der Waals surface area (Å²) in [6, 6.07) is 6.40. The molecule has 0 bridgehead atoms. The van der Waals surface area contributed by atoms with Gasteiger partial charge in [-0.15, -0.1) is 22.7 Å². The van der Waals surface area contributed by atoms with Crippen LogP contribution in [0.1, 0.15) is 10.4 Å². The average Bonchev–Trinajstić information content (AvgIpc) is 3.40. The molecule has 0 spiro atoms. The summed E-state index contributed by atoms with van der Waals surface area (Å²) in [6.45, 7) is 5.62. The van der Waals surface area contributed by atoms with Crippen molar-refractivity contribution >= 4 is 39.5 Å². The predicted molar refractivity (Wildman–Crippen MR) is 113 cm³/mol. The number of carbonyl (C=O) groups is 1. The van der Waals surface area contributed by atoms with Crippen molar-refractivity contribution in [3.05, 3.63) is 39.4 Å². The molecule has 2 aromatic heterocycles. The Bertz CT molecular complexity index is 793. The van der Waals surface area contributed by atoms with Crippen LogP contribution in [0.25, 0.3) is 0 Å². The maximum atomic E-state index is 12.6. The molecule has 8 heteroatoms. The van der Waals surface area contributed by atoms with Crippen LogP contribution in [-0.2, 0) is 17.8 Å². The van der Waals surface area contributed by atoms with E-state index in [1.54, 1.807) is 29.7 Å². The van der Waals surface area contributed by atoms with Crippen molar-refractivity contribution in [2.24, 2.45) is 4.99 Å². The quantitative estimate of drug-likeness (QED) is 0.630. The lowest BCUT2D eigenvalue weighted by atomic mass is 10.1. The molecule has 2 aliphatic rings. The van der Waals surface area contributed by atoms with Crippen LogP contribution in [0.2, 0.25) is 0 Å². The number of amides is 1. The minimum atomic E-state index is 0.144. The van der Waals surface area contributed by atoms with Crippen molar-refractivity contribution in [1.82, 2.24) is 15.1 Å². The normalized spacial score (nSPS) is 17.8. The van der Waals surface area contributed by atoms with E-state index in [9.17, 15) is 4.79 Å². The van der Waals surface area contributed by atoms with Crippen molar-refractivity contribution in [3.8, 4) is 0 Å². The maximum absolute atomic E-state index is 12.6. The number of hydrogen-bond donors (Lipinski definition) is 1. The summed E-state index contributed by atoms with van der Waals surface area (Å²) in [6.07, 6.45) is 0.970. The van der Waals surface area contributed by atoms with Crippen LogP contribution in [0.4, 0.5) is 5.00 Å². The van der Waals surface area contributed by atoms with Crippen LogP contribution in [0.15, 0.2) is 34.0 Å². The third-order valence-electron chi connectivity index (χ3n) is 5.17. The van der Waals surface area contributed by atoms with Crippen molar-refractivity contribution in [2.75, 3.05) is 51.2 Å². The molecule has 0 aromatic carbocycles. The molecule has 1 saturated heterocycles. The fourth-order valence-corrected chi connectivity index (χ4v) is 5.32. The van der Waals surface area contributed by atoms with E-state index < -0.39 is 0 Å². The van der Waals surface area contributed by atoms with Crippen LogP contribution >= 0.6 is 22.7 Å². The molecule has 1 N–H and O–H groups in total. The van der Waals surface area contributed by atoms with E-state index >= 15 is 0 Å². The van der Waals surface area contributed by atoms with Crippen LogP contribution in [0.3, 0.4) is 0 Å². The second kappa shape index (κ2) is 8.31. The van der Waals surface area contributed by atoms with E-state index in [-0.39, 0.29) is 5.91 Å². The number of nitrogens with one attached hydrogen (secondary N) is 1. The van der Waals surface area contributed by atoms with Crippen LogP contribution in [-0.4, -0.2) is 68.0 Å². The Labute approximate surface area is 168 Å². The van der Waals surface area contributed by atoms with Gasteiger partial charge in [-0.05, 0) is 40.9 Å². The van der Waals surface area contributed by atoms with Crippen LogP contribution < -0.4 is 10.2 Å². The molecule has 6 nitrogen and oxygen atoms in total. The molecule has 144 valence electrons. The summed E-state index contributed by atoms with van der Waals surface area (Å²) >= 11 is 3.58. The van der Waals surface area contributed by atoms with Gasteiger partial charge in [0.2, 0.25) is 5.91 Å². The third-order valence-corrected chi connectivity index (χ3v) is 7.12. The molecule has 2 aromatic rings. The molecule has 1 amide bonds. The number of rotatable bonds is 3. The summed E-state index contributed by atoms with van der Waals surface area (Å²) in [7, 11) is 1.79. The fraction of sp³-hybridized carbons (Fsp3) is 0.474. The molecule has 2 aliphatic heterocycles. The lowest BCUT2D eigenvalue weighted by Crippen LogP contribution is -2.54. The topological polar surface area (TPSA) is 51.2 Å². The number of thiophene rings is 2. The van der Waals surface area contributed by atoms with Gasteiger partial charge in [-0.3, -0.25) is 9.79 Å². The highest BCUT2D eigenvalue weighted by Gasteiger charge is 2.23. The zero-order valence-electron chi connectivity index (χ0n) is 15.6. The second-order valence-electron chi connectivity index (χ2n) is 6.76. The molecular weight excluding hydrogens is 378 g/mol. The van der Waals surface area contributed by atoms with Crippen molar-refractivity contribution < 1.29 is 4.79 Å². The molecule has 4 rings (SSSR count). The highest BCUT2D eigenvalue weighted by Crippen LogP contribution is 2.24. The number of carbonyl (C=O) groups excluding carboxylic acids is 1. The Balaban J connectivity index is 1.27.